The summed E-state index contributed by atoms with van der Waals surface area (Å²) in [6.45, 7) is 4.73. The summed E-state index contributed by atoms with van der Waals surface area (Å²) >= 11 is 12.0. The molecule has 1 aliphatic rings. The van der Waals surface area contributed by atoms with Gasteiger partial charge in [0.25, 0.3) is 0 Å². The molecular formula is C20H20Cl2N4O. The number of piperazine rings is 1. The largest absolute Gasteiger partial charge is 0.324 e. The van der Waals surface area contributed by atoms with Crippen molar-refractivity contribution in [1.82, 2.24) is 15.0 Å². The van der Waals surface area contributed by atoms with E-state index in [1.165, 1.54) is 5.56 Å². The smallest absolute Gasteiger partial charge is 0.322 e. The van der Waals surface area contributed by atoms with Gasteiger partial charge in [-0.15, -0.1) is 0 Å². The van der Waals surface area contributed by atoms with Crippen LogP contribution in [0.15, 0.2) is 53.1 Å². The maximum absolute atomic E-state index is 6.04. The van der Waals surface area contributed by atoms with Gasteiger partial charge in [0.2, 0.25) is 5.82 Å². The third kappa shape index (κ3) is 4.61. The second-order valence-corrected chi connectivity index (χ2v) is 7.49. The molecule has 0 spiro atoms. The molecule has 0 N–H and O–H groups in total. The molecule has 0 bridgehead atoms. The van der Waals surface area contributed by atoms with Crippen molar-refractivity contribution in [2.75, 3.05) is 37.6 Å². The molecule has 5 nitrogen and oxygen atoms in total. The Morgan fingerprint density at radius 2 is 1.70 bits per heavy atom. The monoisotopic (exact) mass is 402 g/mol. The molecule has 0 aliphatic carbocycles. The summed E-state index contributed by atoms with van der Waals surface area (Å²) in [6, 6.07) is 16.1. The highest BCUT2D eigenvalue weighted by Crippen LogP contribution is 2.23. The second-order valence-electron chi connectivity index (χ2n) is 6.62. The molecule has 27 heavy (non-hydrogen) atoms. The normalized spacial score (nSPS) is 15.3. The molecule has 1 aromatic heterocycles. The standard InChI is InChI=1S/C20H20Cl2N4O/c21-17-6-4-15(5-7-17)8-9-25-10-12-26(13-11-25)20-23-19(24-27-20)16-2-1-3-18(22)14-16/h1-7,14H,8-13H2. The number of benzene rings is 2. The fourth-order valence-corrected chi connectivity index (χ4v) is 3.51. The van der Waals surface area contributed by atoms with Crippen LogP contribution in [0.3, 0.4) is 0 Å². The van der Waals surface area contributed by atoms with Crippen LogP contribution in [0, 0.1) is 0 Å². The number of hydrogen-bond donors (Lipinski definition) is 0. The van der Waals surface area contributed by atoms with Gasteiger partial charge in [-0.3, -0.25) is 4.90 Å². The Labute approximate surface area is 168 Å². The number of aromatic nitrogens is 2. The average molecular weight is 403 g/mol. The number of nitrogens with zero attached hydrogens (tertiary/aromatic N) is 4. The lowest BCUT2D eigenvalue weighted by atomic mass is 10.1. The van der Waals surface area contributed by atoms with Crippen LogP contribution in [0.2, 0.25) is 10.0 Å². The minimum atomic E-state index is 0.567. The zero-order valence-electron chi connectivity index (χ0n) is 14.8. The second kappa shape index (κ2) is 8.30. The van der Waals surface area contributed by atoms with Gasteiger partial charge >= 0.3 is 6.01 Å². The molecule has 2 aromatic carbocycles. The summed E-state index contributed by atoms with van der Waals surface area (Å²) in [4.78, 5) is 9.13. The summed E-state index contributed by atoms with van der Waals surface area (Å²) in [7, 11) is 0. The van der Waals surface area contributed by atoms with E-state index in [2.05, 4.69) is 32.1 Å². The molecule has 1 fully saturated rings. The van der Waals surface area contributed by atoms with Gasteiger partial charge in [0, 0.05) is 48.3 Å². The fourth-order valence-electron chi connectivity index (χ4n) is 3.19. The van der Waals surface area contributed by atoms with Crippen LogP contribution in [0.4, 0.5) is 6.01 Å². The predicted octanol–water partition coefficient (Wildman–Crippen LogP) is 4.41. The lowest BCUT2D eigenvalue weighted by Gasteiger charge is -2.33. The van der Waals surface area contributed by atoms with Crippen LogP contribution >= 0.6 is 23.2 Å². The quantitative estimate of drug-likeness (QED) is 0.632. The van der Waals surface area contributed by atoms with Crippen molar-refractivity contribution >= 4 is 29.2 Å². The molecule has 0 unspecified atom stereocenters. The molecular weight excluding hydrogens is 383 g/mol. The Kier molecular flexibility index (Phi) is 5.62. The van der Waals surface area contributed by atoms with Crippen molar-refractivity contribution in [1.29, 1.82) is 0 Å². The highest BCUT2D eigenvalue weighted by Gasteiger charge is 2.21. The molecule has 1 saturated heterocycles. The maximum Gasteiger partial charge on any atom is 0.324 e. The molecule has 140 valence electrons. The molecule has 0 radical (unpaired) electrons. The van der Waals surface area contributed by atoms with E-state index in [-0.39, 0.29) is 0 Å². The Balaban J connectivity index is 1.31. The van der Waals surface area contributed by atoms with Crippen LogP contribution in [0.25, 0.3) is 11.4 Å². The van der Waals surface area contributed by atoms with E-state index < -0.39 is 0 Å². The van der Waals surface area contributed by atoms with Crippen LogP contribution in [-0.4, -0.2) is 47.8 Å². The lowest BCUT2D eigenvalue weighted by Crippen LogP contribution is -2.47. The van der Waals surface area contributed by atoms with Gasteiger partial charge in [0.15, 0.2) is 0 Å². The summed E-state index contributed by atoms with van der Waals surface area (Å²) in [5.74, 6) is 0.567. The zero-order chi connectivity index (χ0) is 18.6. The van der Waals surface area contributed by atoms with E-state index in [1.54, 1.807) is 0 Å². The van der Waals surface area contributed by atoms with Gasteiger partial charge in [-0.2, -0.15) is 4.98 Å². The van der Waals surface area contributed by atoms with Crippen molar-refractivity contribution < 1.29 is 4.52 Å². The Hall–Kier alpha value is -2.08. The van der Waals surface area contributed by atoms with E-state index in [9.17, 15) is 0 Å². The van der Waals surface area contributed by atoms with Gasteiger partial charge in [-0.1, -0.05) is 52.6 Å². The predicted molar refractivity (Wildman–Crippen MR) is 109 cm³/mol. The van der Waals surface area contributed by atoms with Gasteiger partial charge < -0.3 is 9.42 Å². The number of anilines is 1. The molecule has 2 heterocycles. The molecule has 0 amide bonds. The molecule has 1 aliphatic heterocycles. The van der Waals surface area contributed by atoms with E-state index >= 15 is 0 Å². The van der Waals surface area contributed by atoms with Crippen molar-refractivity contribution in [3.63, 3.8) is 0 Å². The fraction of sp³-hybridized carbons (Fsp3) is 0.300. The van der Waals surface area contributed by atoms with Gasteiger partial charge in [-0.25, -0.2) is 0 Å². The number of rotatable bonds is 5. The Bertz CT molecular complexity index is 889. The molecule has 4 rings (SSSR count). The first kappa shape index (κ1) is 18.3. The minimum Gasteiger partial charge on any atom is -0.322 e. The van der Waals surface area contributed by atoms with Gasteiger partial charge in [0.1, 0.15) is 0 Å². The van der Waals surface area contributed by atoms with Crippen LogP contribution in [-0.2, 0) is 6.42 Å². The highest BCUT2D eigenvalue weighted by atomic mass is 35.5. The number of hydrogen-bond acceptors (Lipinski definition) is 5. The van der Waals surface area contributed by atoms with Crippen molar-refractivity contribution in [2.45, 2.75) is 6.42 Å². The van der Waals surface area contributed by atoms with Gasteiger partial charge in [-0.05, 0) is 36.2 Å². The van der Waals surface area contributed by atoms with Crippen molar-refractivity contribution in [2.24, 2.45) is 0 Å². The first-order valence-corrected chi connectivity index (χ1v) is 9.74. The van der Waals surface area contributed by atoms with E-state index in [0.717, 1.165) is 49.7 Å². The van der Waals surface area contributed by atoms with E-state index in [1.807, 2.05) is 36.4 Å². The molecule has 0 saturated carbocycles. The number of halogens is 2. The first-order valence-electron chi connectivity index (χ1n) is 8.99. The Morgan fingerprint density at radius 3 is 2.44 bits per heavy atom. The van der Waals surface area contributed by atoms with Crippen LogP contribution < -0.4 is 4.90 Å². The van der Waals surface area contributed by atoms with E-state index in [0.29, 0.717) is 16.9 Å². The highest BCUT2D eigenvalue weighted by molar-refractivity contribution is 6.31. The zero-order valence-corrected chi connectivity index (χ0v) is 16.3. The SMILES string of the molecule is Clc1ccc(CCN2CCN(c3nc(-c4cccc(Cl)c4)no3)CC2)cc1. The van der Waals surface area contributed by atoms with Crippen LogP contribution in [0.5, 0.6) is 0 Å². The average Bonchev–Trinajstić information content (AvgIpc) is 3.18. The summed E-state index contributed by atoms with van der Waals surface area (Å²) < 4.78 is 5.46. The van der Waals surface area contributed by atoms with Gasteiger partial charge in [0.05, 0.1) is 0 Å². The third-order valence-corrected chi connectivity index (χ3v) is 5.26. The topological polar surface area (TPSA) is 45.4 Å². The van der Waals surface area contributed by atoms with Crippen molar-refractivity contribution in [3.05, 3.63) is 64.1 Å². The van der Waals surface area contributed by atoms with Crippen molar-refractivity contribution in [3.8, 4) is 11.4 Å². The molecule has 0 atom stereocenters. The summed E-state index contributed by atoms with van der Waals surface area (Å²) in [6.07, 6.45) is 1.02. The summed E-state index contributed by atoms with van der Waals surface area (Å²) in [5, 5.41) is 5.54. The third-order valence-electron chi connectivity index (χ3n) is 4.77. The lowest BCUT2D eigenvalue weighted by molar-refractivity contribution is 0.253. The molecule has 7 heteroatoms. The van der Waals surface area contributed by atoms with Crippen LogP contribution in [0.1, 0.15) is 5.56 Å². The summed E-state index contributed by atoms with van der Waals surface area (Å²) in [5.41, 5.74) is 2.17. The van der Waals surface area contributed by atoms with E-state index in [4.69, 9.17) is 27.7 Å². The molecule has 3 aromatic rings. The maximum atomic E-state index is 6.04. The first-order chi connectivity index (χ1) is 13.2. The minimum absolute atomic E-state index is 0.567. The Morgan fingerprint density at radius 1 is 0.926 bits per heavy atom.